The molecule has 0 atom stereocenters. The molecular formula is C14H10ClNO. The molecule has 0 N–H and O–H groups in total. The molecule has 0 amide bonds. The Morgan fingerprint density at radius 3 is 2.71 bits per heavy atom. The van der Waals surface area contributed by atoms with Gasteiger partial charge in [0.25, 0.3) is 0 Å². The average Bonchev–Trinajstić information content (AvgIpc) is 2.32. The third kappa shape index (κ3) is 2.99. The van der Waals surface area contributed by atoms with Gasteiger partial charge in [-0.15, -0.1) is 0 Å². The summed E-state index contributed by atoms with van der Waals surface area (Å²) in [4.78, 5) is 0. The Kier molecular flexibility index (Phi) is 3.64. The van der Waals surface area contributed by atoms with E-state index in [1.165, 1.54) is 0 Å². The molecule has 0 saturated carbocycles. The minimum absolute atomic E-state index is 0.330. The first-order valence-electron chi connectivity index (χ1n) is 5.18. The van der Waals surface area contributed by atoms with Crippen LogP contribution in [0.25, 0.3) is 0 Å². The standard InChI is InChI=1S/C14H10ClNO/c15-12-5-3-6-13(10-12)17-14-7-2-1-4-11(14)8-9-16/h1-7,10H,8H2. The number of benzene rings is 2. The molecule has 17 heavy (non-hydrogen) atoms. The van der Waals surface area contributed by atoms with E-state index in [0.29, 0.717) is 22.9 Å². The number of ether oxygens (including phenoxy) is 1. The van der Waals surface area contributed by atoms with Crippen LogP contribution >= 0.6 is 11.6 Å². The lowest BCUT2D eigenvalue weighted by atomic mass is 10.1. The summed E-state index contributed by atoms with van der Waals surface area (Å²) in [5, 5.41) is 9.35. The Bertz CT molecular complexity index is 560. The molecule has 0 unspecified atom stereocenters. The van der Waals surface area contributed by atoms with Crippen LogP contribution in [0.1, 0.15) is 5.56 Å². The molecule has 0 aliphatic carbocycles. The number of rotatable bonds is 3. The van der Waals surface area contributed by atoms with E-state index in [1.54, 1.807) is 12.1 Å². The number of nitriles is 1. The Morgan fingerprint density at radius 1 is 1.12 bits per heavy atom. The first-order chi connectivity index (χ1) is 8.29. The normalized spacial score (nSPS) is 9.65. The van der Waals surface area contributed by atoms with Crippen molar-refractivity contribution in [1.82, 2.24) is 0 Å². The van der Waals surface area contributed by atoms with Gasteiger partial charge in [0.1, 0.15) is 11.5 Å². The van der Waals surface area contributed by atoms with E-state index in [9.17, 15) is 0 Å². The van der Waals surface area contributed by atoms with Gasteiger partial charge in [-0.3, -0.25) is 0 Å². The minimum Gasteiger partial charge on any atom is -0.457 e. The SMILES string of the molecule is N#CCc1ccccc1Oc1cccc(Cl)c1. The summed E-state index contributed by atoms with van der Waals surface area (Å²) in [7, 11) is 0. The van der Waals surface area contributed by atoms with Crippen LogP contribution in [0.5, 0.6) is 11.5 Å². The van der Waals surface area contributed by atoms with Crippen LogP contribution in [0, 0.1) is 11.3 Å². The zero-order valence-corrected chi connectivity index (χ0v) is 9.82. The zero-order valence-electron chi connectivity index (χ0n) is 9.06. The van der Waals surface area contributed by atoms with Gasteiger partial charge in [0.2, 0.25) is 0 Å². The molecule has 0 heterocycles. The van der Waals surface area contributed by atoms with Crippen LogP contribution in [-0.4, -0.2) is 0 Å². The van der Waals surface area contributed by atoms with Gasteiger partial charge in [-0.2, -0.15) is 5.26 Å². The number of nitrogens with zero attached hydrogens (tertiary/aromatic N) is 1. The predicted molar refractivity (Wildman–Crippen MR) is 67.3 cm³/mol. The second-order valence-corrected chi connectivity index (χ2v) is 3.94. The highest BCUT2D eigenvalue weighted by atomic mass is 35.5. The van der Waals surface area contributed by atoms with Crippen molar-refractivity contribution >= 4 is 11.6 Å². The van der Waals surface area contributed by atoms with Crippen molar-refractivity contribution in [2.75, 3.05) is 0 Å². The summed E-state index contributed by atoms with van der Waals surface area (Å²) in [6.45, 7) is 0. The van der Waals surface area contributed by atoms with Gasteiger partial charge in [-0.25, -0.2) is 0 Å². The Morgan fingerprint density at radius 2 is 1.94 bits per heavy atom. The van der Waals surface area contributed by atoms with Crippen molar-refractivity contribution in [3.8, 4) is 17.6 Å². The molecule has 2 aromatic rings. The van der Waals surface area contributed by atoms with E-state index in [1.807, 2.05) is 36.4 Å². The molecule has 0 saturated heterocycles. The van der Waals surface area contributed by atoms with Crippen molar-refractivity contribution in [3.63, 3.8) is 0 Å². The molecule has 0 aliphatic rings. The summed E-state index contributed by atoms with van der Waals surface area (Å²) in [5.41, 5.74) is 0.870. The second kappa shape index (κ2) is 5.38. The van der Waals surface area contributed by atoms with Crippen molar-refractivity contribution < 1.29 is 4.74 Å². The van der Waals surface area contributed by atoms with Gasteiger partial charge in [0.05, 0.1) is 12.5 Å². The number of hydrogen-bond acceptors (Lipinski definition) is 2. The lowest BCUT2D eigenvalue weighted by Crippen LogP contribution is -1.90. The van der Waals surface area contributed by atoms with Crippen molar-refractivity contribution in [3.05, 3.63) is 59.1 Å². The smallest absolute Gasteiger partial charge is 0.131 e. The van der Waals surface area contributed by atoms with Gasteiger partial charge in [0.15, 0.2) is 0 Å². The summed E-state index contributed by atoms with van der Waals surface area (Å²) < 4.78 is 5.71. The van der Waals surface area contributed by atoms with Crippen LogP contribution in [0.4, 0.5) is 0 Å². The molecule has 3 heteroatoms. The molecule has 2 nitrogen and oxygen atoms in total. The predicted octanol–water partition coefficient (Wildman–Crippen LogP) is 4.20. The number of hydrogen-bond donors (Lipinski definition) is 0. The van der Waals surface area contributed by atoms with Gasteiger partial charge >= 0.3 is 0 Å². The highest BCUT2D eigenvalue weighted by molar-refractivity contribution is 6.30. The fourth-order valence-electron chi connectivity index (χ4n) is 1.49. The molecule has 2 aromatic carbocycles. The summed E-state index contributed by atoms with van der Waals surface area (Å²) >= 11 is 5.88. The van der Waals surface area contributed by atoms with Crippen LogP contribution in [0.15, 0.2) is 48.5 Å². The van der Waals surface area contributed by atoms with Crippen LogP contribution in [0.2, 0.25) is 5.02 Å². The van der Waals surface area contributed by atoms with E-state index in [0.717, 1.165) is 5.56 Å². The van der Waals surface area contributed by atoms with Gasteiger partial charge < -0.3 is 4.74 Å². The van der Waals surface area contributed by atoms with Gasteiger partial charge in [-0.1, -0.05) is 35.9 Å². The number of para-hydroxylation sites is 1. The van der Waals surface area contributed by atoms with E-state index in [-0.39, 0.29) is 0 Å². The molecule has 2 rings (SSSR count). The van der Waals surface area contributed by atoms with E-state index < -0.39 is 0 Å². The summed E-state index contributed by atoms with van der Waals surface area (Å²) in [6.07, 6.45) is 0.330. The molecule has 0 radical (unpaired) electrons. The maximum atomic E-state index is 8.73. The topological polar surface area (TPSA) is 33.0 Å². The summed E-state index contributed by atoms with van der Waals surface area (Å²) in [6, 6.07) is 16.8. The molecule has 0 bridgehead atoms. The Hall–Kier alpha value is -1.98. The fourth-order valence-corrected chi connectivity index (χ4v) is 1.67. The molecule has 84 valence electrons. The largest absolute Gasteiger partial charge is 0.457 e. The number of halogens is 1. The third-order valence-corrected chi connectivity index (χ3v) is 2.50. The van der Waals surface area contributed by atoms with Gasteiger partial charge in [-0.05, 0) is 24.3 Å². The molecule has 0 fully saturated rings. The van der Waals surface area contributed by atoms with Crippen LogP contribution in [-0.2, 0) is 6.42 Å². The fraction of sp³-hybridized carbons (Fsp3) is 0.0714. The Balaban J connectivity index is 2.27. The monoisotopic (exact) mass is 243 g/mol. The minimum atomic E-state index is 0.330. The molecule has 0 aliphatic heterocycles. The van der Waals surface area contributed by atoms with Crippen molar-refractivity contribution in [1.29, 1.82) is 5.26 Å². The lowest BCUT2D eigenvalue weighted by Gasteiger charge is -2.09. The lowest BCUT2D eigenvalue weighted by molar-refractivity contribution is 0.478. The maximum absolute atomic E-state index is 8.73. The first kappa shape index (κ1) is 11.5. The average molecular weight is 244 g/mol. The van der Waals surface area contributed by atoms with Crippen molar-refractivity contribution in [2.24, 2.45) is 0 Å². The Labute approximate surface area is 105 Å². The van der Waals surface area contributed by atoms with Crippen LogP contribution < -0.4 is 4.74 Å². The first-order valence-corrected chi connectivity index (χ1v) is 5.55. The van der Waals surface area contributed by atoms with E-state index >= 15 is 0 Å². The second-order valence-electron chi connectivity index (χ2n) is 3.50. The third-order valence-electron chi connectivity index (χ3n) is 2.27. The van der Waals surface area contributed by atoms with Crippen LogP contribution in [0.3, 0.4) is 0 Å². The van der Waals surface area contributed by atoms with Crippen molar-refractivity contribution in [2.45, 2.75) is 6.42 Å². The molecular weight excluding hydrogens is 234 g/mol. The quantitative estimate of drug-likeness (QED) is 0.810. The summed E-state index contributed by atoms with van der Waals surface area (Å²) in [5.74, 6) is 1.36. The van der Waals surface area contributed by atoms with Gasteiger partial charge in [0, 0.05) is 10.6 Å². The molecule has 0 aromatic heterocycles. The van der Waals surface area contributed by atoms with E-state index in [4.69, 9.17) is 21.6 Å². The van der Waals surface area contributed by atoms with E-state index in [2.05, 4.69) is 6.07 Å². The zero-order chi connectivity index (χ0) is 12.1. The molecule has 0 spiro atoms. The maximum Gasteiger partial charge on any atom is 0.131 e. The highest BCUT2D eigenvalue weighted by Crippen LogP contribution is 2.27. The highest BCUT2D eigenvalue weighted by Gasteiger charge is 2.03.